The number of nitrogens with one attached hydrogen (secondary N) is 1. The Morgan fingerprint density at radius 3 is 2.61 bits per heavy atom. The molecule has 1 unspecified atom stereocenters. The minimum absolute atomic E-state index is 0.256. The smallest absolute Gasteiger partial charge is 0.123 e. The van der Waals surface area contributed by atoms with Crippen molar-refractivity contribution >= 4 is 11.8 Å². The maximum atomic E-state index is 5.46. The number of ether oxygens (including phenoxy) is 1. The molecule has 18 heavy (non-hydrogen) atoms. The first kappa shape index (κ1) is 15.4. The summed E-state index contributed by atoms with van der Waals surface area (Å²) in [6.07, 6.45) is 2.15. The first-order valence-electron chi connectivity index (χ1n) is 6.32. The molecule has 0 radical (unpaired) electrons. The van der Waals surface area contributed by atoms with Crippen LogP contribution in [0.2, 0.25) is 0 Å². The molecule has 1 aromatic carbocycles. The second-order valence-corrected chi connectivity index (χ2v) is 6.83. The van der Waals surface area contributed by atoms with Gasteiger partial charge in [0.05, 0.1) is 7.11 Å². The molecule has 0 fully saturated rings. The van der Waals surface area contributed by atoms with Crippen LogP contribution in [0, 0.1) is 6.92 Å². The van der Waals surface area contributed by atoms with Crippen molar-refractivity contribution in [2.45, 2.75) is 38.5 Å². The molecule has 0 heterocycles. The van der Waals surface area contributed by atoms with Crippen LogP contribution in [0.5, 0.6) is 5.75 Å². The van der Waals surface area contributed by atoms with Crippen molar-refractivity contribution in [2.75, 3.05) is 19.9 Å². The fourth-order valence-corrected chi connectivity index (χ4v) is 1.98. The highest BCUT2D eigenvalue weighted by molar-refractivity contribution is 7.99. The molecule has 1 rings (SSSR count). The highest BCUT2D eigenvalue weighted by Crippen LogP contribution is 2.27. The van der Waals surface area contributed by atoms with Crippen LogP contribution in [0.4, 0.5) is 0 Å². The zero-order valence-electron chi connectivity index (χ0n) is 12.3. The first-order valence-corrected chi connectivity index (χ1v) is 7.55. The number of hydrogen-bond donors (Lipinski definition) is 1. The summed E-state index contributed by atoms with van der Waals surface area (Å²) in [6, 6.07) is 6.67. The zero-order valence-corrected chi connectivity index (χ0v) is 13.1. The molecule has 1 aromatic rings. The molecule has 102 valence electrons. The molecule has 0 aliphatic heterocycles. The van der Waals surface area contributed by atoms with Gasteiger partial charge in [-0.3, -0.25) is 0 Å². The van der Waals surface area contributed by atoms with Gasteiger partial charge in [-0.15, -0.1) is 0 Å². The van der Waals surface area contributed by atoms with E-state index in [4.69, 9.17) is 4.74 Å². The number of thioether (sulfide) groups is 1. The van der Waals surface area contributed by atoms with Gasteiger partial charge >= 0.3 is 0 Å². The number of hydrogen-bond acceptors (Lipinski definition) is 3. The van der Waals surface area contributed by atoms with Crippen molar-refractivity contribution in [1.82, 2.24) is 5.32 Å². The van der Waals surface area contributed by atoms with Gasteiger partial charge in [0.15, 0.2) is 0 Å². The average Bonchev–Trinajstić information content (AvgIpc) is 2.36. The van der Waals surface area contributed by atoms with Gasteiger partial charge < -0.3 is 10.1 Å². The Bertz CT molecular complexity index is 390. The third-order valence-electron chi connectivity index (χ3n) is 3.24. The van der Waals surface area contributed by atoms with Crippen LogP contribution in [0.25, 0.3) is 0 Å². The third kappa shape index (κ3) is 4.21. The van der Waals surface area contributed by atoms with E-state index < -0.39 is 0 Å². The summed E-state index contributed by atoms with van der Waals surface area (Å²) in [5.41, 5.74) is 2.45. The Morgan fingerprint density at radius 1 is 1.39 bits per heavy atom. The number of aryl methyl sites for hydroxylation is 1. The second-order valence-electron chi connectivity index (χ2n) is 5.31. The topological polar surface area (TPSA) is 21.3 Å². The van der Waals surface area contributed by atoms with Crippen molar-refractivity contribution in [3.8, 4) is 5.75 Å². The lowest BCUT2D eigenvalue weighted by molar-refractivity contribution is 0.400. The lowest BCUT2D eigenvalue weighted by Gasteiger charge is -2.26. The van der Waals surface area contributed by atoms with E-state index in [2.05, 4.69) is 57.5 Å². The zero-order chi connectivity index (χ0) is 13.8. The molecule has 0 saturated heterocycles. The van der Waals surface area contributed by atoms with Crippen LogP contribution in [-0.4, -0.2) is 24.7 Å². The van der Waals surface area contributed by atoms with Gasteiger partial charge in [0, 0.05) is 22.9 Å². The summed E-state index contributed by atoms with van der Waals surface area (Å²) in [5, 5.41) is 3.58. The van der Waals surface area contributed by atoms with E-state index in [1.165, 1.54) is 11.1 Å². The standard InChI is InChI=1S/C15H25NOS/c1-11-7-8-13(14(9-11)17-5)12(2)16-10-15(3,4)18-6/h7-9,12,16H,10H2,1-6H3. The molecule has 0 saturated carbocycles. The highest BCUT2D eigenvalue weighted by atomic mass is 32.2. The number of rotatable bonds is 6. The number of methoxy groups -OCH3 is 1. The monoisotopic (exact) mass is 267 g/mol. The van der Waals surface area contributed by atoms with E-state index in [0.29, 0.717) is 6.04 Å². The third-order valence-corrected chi connectivity index (χ3v) is 4.49. The van der Waals surface area contributed by atoms with Crippen LogP contribution in [0.3, 0.4) is 0 Å². The average molecular weight is 267 g/mol. The minimum atomic E-state index is 0.256. The van der Waals surface area contributed by atoms with E-state index in [0.717, 1.165) is 12.3 Å². The summed E-state index contributed by atoms with van der Waals surface area (Å²) in [5.74, 6) is 0.969. The van der Waals surface area contributed by atoms with Crippen molar-refractivity contribution in [1.29, 1.82) is 0 Å². The summed E-state index contributed by atoms with van der Waals surface area (Å²) < 4.78 is 5.72. The lowest BCUT2D eigenvalue weighted by Crippen LogP contribution is -2.33. The quantitative estimate of drug-likeness (QED) is 0.847. The fraction of sp³-hybridized carbons (Fsp3) is 0.600. The first-order chi connectivity index (χ1) is 8.39. The summed E-state index contributed by atoms with van der Waals surface area (Å²) >= 11 is 1.88. The van der Waals surface area contributed by atoms with Gasteiger partial charge in [0.25, 0.3) is 0 Å². The van der Waals surface area contributed by atoms with Gasteiger partial charge in [-0.2, -0.15) is 11.8 Å². The Morgan fingerprint density at radius 2 is 2.06 bits per heavy atom. The normalized spacial score (nSPS) is 13.4. The van der Waals surface area contributed by atoms with Crippen LogP contribution < -0.4 is 10.1 Å². The van der Waals surface area contributed by atoms with E-state index in [-0.39, 0.29) is 4.75 Å². The maximum Gasteiger partial charge on any atom is 0.123 e. The lowest BCUT2D eigenvalue weighted by atomic mass is 10.0. The minimum Gasteiger partial charge on any atom is -0.496 e. The molecule has 0 amide bonds. The molecule has 2 nitrogen and oxygen atoms in total. The maximum absolute atomic E-state index is 5.46. The van der Waals surface area contributed by atoms with Crippen LogP contribution in [-0.2, 0) is 0 Å². The summed E-state index contributed by atoms with van der Waals surface area (Å²) in [4.78, 5) is 0. The summed E-state index contributed by atoms with van der Waals surface area (Å²) in [7, 11) is 1.73. The summed E-state index contributed by atoms with van der Waals surface area (Å²) in [6.45, 7) is 9.75. The Balaban J connectivity index is 2.75. The Labute approximate surface area is 116 Å². The molecule has 0 aliphatic carbocycles. The van der Waals surface area contributed by atoms with Crippen molar-refractivity contribution in [3.63, 3.8) is 0 Å². The fourth-order valence-electron chi connectivity index (χ4n) is 1.76. The van der Waals surface area contributed by atoms with Crippen LogP contribution >= 0.6 is 11.8 Å². The van der Waals surface area contributed by atoms with Gasteiger partial charge in [0.1, 0.15) is 5.75 Å². The predicted octanol–water partition coefficient (Wildman–Crippen LogP) is 3.80. The number of benzene rings is 1. The van der Waals surface area contributed by atoms with Crippen LogP contribution in [0.15, 0.2) is 18.2 Å². The van der Waals surface area contributed by atoms with Gasteiger partial charge in [-0.05, 0) is 45.6 Å². The molecule has 0 bridgehead atoms. The van der Waals surface area contributed by atoms with E-state index in [1.807, 2.05) is 11.8 Å². The van der Waals surface area contributed by atoms with E-state index >= 15 is 0 Å². The molecule has 0 aliphatic rings. The largest absolute Gasteiger partial charge is 0.496 e. The second kappa shape index (κ2) is 6.48. The Hall–Kier alpha value is -0.670. The van der Waals surface area contributed by atoms with Gasteiger partial charge in [-0.25, -0.2) is 0 Å². The molecular formula is C15H25NOS. The van der Waals surface area contributed by atoms with Crippen molar-refractivity contribution in [3.05, 3.63) is 29.3 Å². The Kier molecular flexibility index (Phi) is 5.54. The van der Waals surface area contributed by atoms with Gasteiger partial charge in [0.2, 0.25) is 0 Å². The molecule has 1 N–H and O–H groups in total. The van der Waals surface area contributed by atoms with E-state index in [9.17, 15) is 0 Å². The molecule has 0 spiro atoms. The van der Waals surface area contributed by atoms with Gasteiger partial charge in [-0.1, -0.05) is 12.1 Å². The molecular weight excluding hydrogens is 242 g/mol. The molecule has 1 atom stereocenters. The SMILES string of the molecule is COc1cc(C)ccc1C(C)NCC(C)(C)SC. The molecule has 0 aromatic heterocycles. The van der Waals surface area contributed by atoms with Crippen molar-refractivity contribution < 1.29 is 4.74 Å². The molecule has 3 heteroatoms. The van der Waals surface area contributed by atoms with Crippen molar-refractivity contribution in [2.24, 2.45) is 0 Å². The highest BCUT2D eigenvalue weighted by Gasteiger charge is 2.18. The predicted molar refractivity (Wildman–Crippen MR) is 81.7 cm³/mol. The van der Waals surface area contributed by atoms with Crippen LogP contribution in [0.1, 0.15) is 37.9 Å². The van der Waals surface area contributed by atoms with E-state index in [1.54, 1.807) is 7.11 Å².